The van der Waals surface area contributed by atoms with E-state index in [-0.39, 0.29) is 40.9 Å². The highest BCUT2D eigenvalue weighted by atomic mass is 16.7. The number of nitrogens with zero attached hydrogens (tertiary/aromatic N) is 7. The first-order valence-electron chi connectivity index (χ1n) is 24.3. The van der Waals surface area contributed by atoms with Crippen LogP contribution >= 0.6 is 0 Å². The van der Waals surface area contributed by atoms with E-state index in [0.29, 0.717) is 67.3 Å². The zero-order valence-corrected chi connectivity index (χ0v) is 41.4. The first kappa shape index (κ1) is 50.5. The minimum absolute atomic E-state index is 0.0225. The number of piperazine rings is 1. The number of aliphatic hydroxyl groups excluding tert-OH is 1. The van der Waals surface area contributed by atoms with Gasteiger partial charge in [-0.1, -0.05) is 75.3 Å². The van der Waals surface area contributed by atoms with E-state index in [1.165, 1.54) is 29.2 Å². The summed E-state index contributed by atoms with van der Waals surface area (Å²) in [6.07, 6.45) is 4.94. The fraction of sp³-hybridized carbons (Fsp3) is 0.396. The van der Waals surface area contributed by atoms with Gasteiger partial charge in [-0.05, 0) is 111 Å². The SMILES string of the molecule is CC(C)CC[C@H](NC(O)[C@H](Cc1ccccc1)NC(=O)c1cnccn1)B1OC(C)(C)C(C)(c2ccc(C(=O)N3CCN(c4ccc(-n5c(O)nnc5-c5cc(C(C)C)c(O)cc5O)cc4)CC3)cc2)O1. The maximum atomic E-state index is 13.9. The zero-order chi connectivity index (χ0) is 50.6. The largest absolute Gasteiger partial charge is 0.508 e. The molecule has 71 heavy (non-hydrogen) atoms. The molecule has 6 N–H and O–H groups in total. The zero-order valence-electron chi connectivity index (χ0n) is 41.4. The minimum Gasteiger partial charge on any atom is -0.508 e. The van der Waals surface area contributed by atoms with E-state index < -0.39 is 42.4 Å². The number of rotatable bonds is 17. The molecule has 2 amide bonds. The van der Waals surface area contributed by atoms with E-state index in [0.717, 1.165) is 23.2 Å². The van der Waals surface area contributed by atoms with Gasteiger partial charge in [0.25, 0.3) is 11.8 Å². The van der Waals surface area contributed by atoms with Gasteiger partial charge in [-0.3, -0.25) is 19.9 Å². The Bertz CT molecular complexity index is 2770. The molecule has 4 heterocycles. The molecule has 2 aliphatic heterocycles. The molecular formula is C53H64BN9O8. The molecule has 2 saturated heterocycles. The van der Waals surface area contributed by atoms with Crippen molar-refractivity contribution >= 4 is 24.6 Å². The van der Waals surface area contributed by atoms with Crippen LogP contribution in [0, 0.1) is 5.92 Å². The van der Waals surface area contributed by atoms with Gasteiger partial charge in [-0.15, -0.1) is 5.10 Å². The summed E-state index contributed by atoms with van der Waals surface area (Å²) in [5.41, 5.74) is 3.18. The second-order valence-corrected chi connectivity index (χ2v) is 19.8. The second-order valence-electron chi connectivity index (χ2n) is 19.8. The molecule has 0 spiro atoms. The van der Waals surface area contributed by atoms with Crippen LogP contribution in [0.3, 0.4) is 0 Å². The quantitative estimate of drug-likeness (QED) is 0.0412. The summed E-state index contributed by atoms with van der Waals surface area (Å²) >= 11 is 0. The van der Waals surface area contributed by atoms with E-state index in [1.54, 1.807) is 6.07 Å². The third-order valence-electron chi connectivity index (χ3n) is 13.8. The van der Waals surface area contributed by atoms with Crippen molar-refractivity contribution in [3.05, 3.63) is 138 Å². The summed E-state index contributed by atoms with van der Waals surface area (Å²) in [7, 11) is -0.768. The van der Waals surface area contributed by atoms with E-state index in [4.69, 9.17) is 9.31 Å². The molecule has 17 nitrogen and oxygen atoms in total. The Balaban J connectivity index is 0.915. The van der Waals surface area contributed by atoms with Crippen LogP contribution in [0.4, 0.5) is 5.69 Å². The molecule has 4 atom stereocenters. The topological polar surface area (TPSA) is 221 Å². The van der Waals surface area contributed by atoms with E-state index in [9.17, 15) is 30.0 Å². The number of anilines is 1. The van der Waals surface area contributed by atoms with Crippen LogP contribution in [0.1, 0.15) is 105 Å². The van der Waals surface area contributed by atoms with Crippen LogP contribution in [0.2, 0.25) is 0 Å². The molecule has 2 aliphatic rings. The fourth-order valence-electron chi connectivity index (χ4n) is 9.31. The van der Waals surface area contributed by atoms with Crippen LogP contribution in [0.15, 0.2) is 110 Å². The Labute approximate surface area is 415 Å². The number of amides is 2. The maximum Gasteiger partial charge on any atom is 0.476 e. The van der Waals surface area contributed by atoms with Crippen LogP contribution in [-0.2, 0) is 21.3 Å². The minimum atomic E-state index is -1.19. The van der Waals surface area contributed by atoms with Crippen LogP contribution in [0.25, 0.3) is 17.1 Å². The number of aromatic hydroxyl groups is 3. The third-order valence-corrected chi connectivity index (χ3v) is 13.8. The van der Waals surface area contributed by atoms with Gasteiger partial charge in [0, 0.05) is 61.8 Å². The molecule has 6 aromatic rings. The lowest BCUT2D eigenvalue weighted by Gasteiger charge is -2.37. The number of aromatic nitrogens is 5. The number of phenolic OH excluding ortho intramolecular Hbond substituents is 2. The Hall–Kier alpha value is -6.86. The summed E-state index contributed by atoms with van der Waals surface area (Å²) in [6.45, 7) is 16.3. The molecule has 0 saturated carbocycles. The molecule has 2 aromatic heterocycles. The van der Waals surface area contributed by atoms with Gasteiger partial charge < -0.3 is 44.9 Å². The normalized spacial score (nSPS) is 18.2. The first-order valence-corrected chi connectivity index (χ1v) is 24.3. The maximum absolute atomic E-state index is 13.9. The highest BCUT2D eigenvalue weighted by molar-refractivity contribution is 6.47. The number of hydrogen-bond donors (Lipinski definition) is 6. The summed E-state index contributed by atoms with van der Waals surface area (Å²) in [5.74, 6) is -0.634. The van der Waals surface area contributed by atoms with E-state index in [2.05, 4.69) is 49.5 Å². The van der Waals surface area contributed by atoms with Crippen molar-refractivity contribution in [2.24, 2.45) is 5.92 Å². The molecule has 2 fully saturated rings. The number of aliphatic hydroxyl groups is 1. The van der Waals surface area contributed by atoms with Crippen molar-refractivity contribution in [1.82, 2.24) is 40.3 Å². The predicted molar refractivity (Wildman–Crippen MR) is 270 cm³/mol. The van der Waals surface area contributed by atoms with Crippen molar-refractivity contribution in [3.63, 3.8) is 0 Å². The number of benzene rings is 4. The van der Waals surface area contributed by atoms with Gasteiger partial charge in [0.05, 0.1) is 29.1 Å². The van der Waals surface area contributed by atoms with Gasteiger partial charge in [0.15, 0.2) is 5.82 Å². The van der Waals surface area contributed by atoms with Crippen molar-refractivity contribution < 1.29 is 39.3 Å². The van der Waals surface area contributed by atoms with Crippen molar-refractivity contribution in [2.75, 3.05) is 31.1 Å². The van der Waals surface area contributed by atoms with Crippen molar-refractivity contribution in [1.29, 1.82) is 0 Å². The average molecular weight is 966 g/mol. The molecule has 8 rings (SSSR count). The molecule has 0 aliphatic carbocycles. The number of hydrogen-bond acceptors (Lipinski definition) is 14. The predicted octanol–water partition coefficient (Wildman–Crippen LogP) is 6.75. The van der Waals surface area contributed by atoms with Crippen molar-refractivity contribution in [3.8, 4) is 34.6 Å². The van der Waals surface area contributed by atoms with E-state index >= 15 is 0 Å². The van der Waals surface area contributed by atoms with E-state index in [1.807, 2.05) is 118 Å². The number of carbonyl (C=O) groups excluding carboxylic acids is 2. The van der Waals surface area contributed by atoms with Gasteiger partial charge in [0.1, 0.15) is 29.0 Å². The Morgan fingerprint density at radius 2 is 1.49 bits per heavy atom. The smallest absolute Gasteiger partial charge is 0.476 e. The van der Waals surface area contributed by atoms with Crippen LogP contribution in [0.5, 0.6) is 17.5 Å². The van der Waals surface area contributed by atoms with Crippen molar-refractivity contribution in [2.45, 2.75) is 103 Å². The third kappa shape index (κ3) is 11.1. The molecular weight excluding hydrogens is 901 g/mol. The van der Waals surface area contributed by atoms with Gasteiger partial charge in [-0.25, -0.2) is 9.55 Å². The lowest BCUT2D eigenvalue weighted by Crippen LogP contribution is -2.58. The summed E-state index contributed by atoms with van der Waals surface area (Å²) < 4.78 is 15.1. The fourth-order valence-corrected chi connectivity index (χ4v) is 9.31. The second kappa shape index (κ2) is 21.2. The number of nitrogens with one attached hydrogen (secondary N) is 2. The summed E-state index contributed by atoms with van der Waals surface area (Å²) in [4.78, 5) is 39.5. The molecule has 4 aromatic carbocycles. The molecule has 372 valence electrons. The monoisotopic (exact) mass is 965 g/mol. The number of carbonyl (C=O) groups is 2. The summed E-state index contributed by atoms with van der Waals surface area (Å²) in [5, 5.41) is 58.1. The van der Waals surface area contributed by atoms with Crippen LogP contribution in [-0.4, -0.2) is 119 Å². The van der Waals surface area contributed by atoms with Crippen LogP contribution < -0.4 is 15.5 Å². The highest BCUT2D eigenvalue weighted by Crippen LogP contribution is 2.46. The first-order chi connectivity index (χ1) is 33.9. The number of phenols is 2. The van der Waals surface area contributed by atoms with Gasteiger partial charge in [0.2, 0.25) is 0 Å². The average Bonchev–Trinajstić information content (AvgIpc) is 3.87. The molecule has 18 heteroatoms. The Morgan fingerprint density at radius 3 is 2.14 bits per heavy atom. The van der Waals surface area contributed by atoms with Gasteiger partial charge >= 0.3 is 13.1 Å². The Morgan fingerprint density at radius 1 is 0.803 bits per heavy atom. The Kier molecular flexibility index (Phi) is 15.1. The lowest BCUT2D eigenvalue weighted by molar-refractivity contribution is -0.0133. The summed E-state index contributed by atoms with van der Waals surface area (Å²) in [6, 6.07) is 26.6. The molecule has 2 unspecified atom stereocenters. The lowest BCUT2D eigenvalue weighted by atomic mass is 9.74. The molecule has 0 bridgehead atoms. The highest BCUT2D eigenvalue weighted by Gasteiger charge is 2.57. The van der Waals surface area contributed by atoms with Gasteiger partial charge in [-0.2, -0.15) is 0 Å². The molecule has 0 radical (unpaired) electrons. The standard InChI is InChI=1S/C53H64BN9O8/c1-33(2)13-22-46(58-48(66)42(29-35-11-9-8-10-12-35)57-49(67)43-32-55-23-24-56-43)54-70-52(5,6)53(7,71-54)37-16-14-36(15-17-37)50(68)62-27-25-61(26-28-62)38-18-20-39(21-19-38)63-47(59-60-51(63)69)41-30-40(34(3)4)44(64)31-45(41)65/h8-12,14-21,23-24,30-34,42,46,48,58,64-66H,13,22,25-29H2,1-7H3,(H,57,67)(H,60,69)/t42-,46-,48?,53?/m0/s1.